The second kappa shape index (κ2) is 5.19. The average Bonchev–Trinajstić information content (AvgIpc) is 2.40. The summed E-state index contributed by atoms with van der Waals surface area (Å²) >= 11 is 0. The van der Waals surface area contributed by atoms with E-state index in [0.29, 0.717) is 5.69 Å². The van der Waals surface area contributed by atoms with Crippen molar-refractivity contribution in [3.8, 4) is 5.75 Å². The first-order valence-electron chi connectivity index (χ1n) is 5.53. The molecule has 0 saturated heterocycles. The van der Waals surface area contributed by atoms with E-state index >= 15 is 0 Å². The molecule has 18 heavy (non-hydrogen) atoms. The van der Waals surface area contributed by atoms with Crippen molar-refractivity contribution in [1.82, 2.24) is 0 Å². The quantitative estimate of drug-likeness (QED) is 0.374. The minimum absolute atomic E-state index is 0.0630. The van der Waals surface area contributed by atoms with Gasteiger partial charge in [-0.1, -0.05) is 36.4 Å². The van der Waals surface area contributed by atoms with Crippen LogP contribution in [0.3, 0.4) is 0 Å². The molecule has 0 saturated carbocycles. The van der Waals surface area contributed by atoms with Crippen molar-refractivity contribution in [2.24, 2.45) is 0 Å². The molecule has 0 aliphatic carbocycles. The number of nitrogens with two attached hydrogens (primary N) is 1. The first-order chi connectivity index (χ1) is 8.66. The predicted octanol–water partition coefficient (Wildman–Crippen LogP) is 2.87. The van der Waals surface area contributed by atoms with Crippen molar-refractivity contribution in [3.63, 3.8) is 0 Å². The number of hydrogen-bond donors (Lipinski definition) is 2. The third-order valence-electron chi connectivity index (χ3n) is 2.51. The van der Waals surface area contributed by atoms with Gasteiger partial charge < -0.3 is 10.8 Å². The third-order valence-corrected chi connectivity index (χ3v) is 2.51. The summed E-state index contributed by atoms with van der Waals surface area (Å²) in [5.41, 5.74) is 7.17. The molecule has 0 radical (unpaired) electrons. The number of anilines is 1. The Morgan fingerprint density at radius 2 is 1.83 bits per heavy atom. The molecule has 0 aliphatic heterocycles. The molecule has 0 unspecified atom stereocenters. The Morgan fingerprint density at radius 1 is 1.11 bits per heavy atom. The normalized spacial score (nSPS) is 10.7. The van der Waals surface area contributed by atoms with Crippen LogP contribution in [0.2, 0.25) is 0 Å². The molecule has 0 fully saturated rings. The highest BCUT2D eigenvalue weighted by Crippen LogP contribution is 2.20. The third kappa shape index (κ3) is 2.77. The van der Waals surface area contributed by atoms with Crippen LogP contribution < -0.4 is 5.73 Å². The monoisotopic (exact) mass is 239 g/mol. The fourth-order valence-electron chi connectivity index (χ4n) is 1.58. The molecular formula is C15H13NO2. The van der Waals surface area contributed by atoms with Crippen LogP contribution in [0, 0.1) is 0 Å². The van der Waals surface area contributed by atoms with E-state index in [1.165, 1.54) is 18.2 Å². The van der Waals surface area contributed by atoms with Crippen LogP contribution in [-0.2, 0) is 0 Å². The molecule has 90 valence electrons. The summed E-state index contributed by atoms with van der Waals surface area (Å²) in [6.07, 6.45) is 3.12. The van der Waals surface area contributed by atoms with Crippen molar-refractivity contribution in [3.05, 3.63) is 65.7 Å². The lowest BCUT2D eigenvalue weighted by molar-refractivity contribution is 0.104. The molecule has 2 aromatic rings. The van der Waals surface area contributed by atoms with Gasteiger partial charge in [-0.3, -0.25) is 4.79 Å². The summed E-state index contributed by atoms with van der Waals surface area (Å²) < 4.78 is 0. The molecule has 2 aromatic carbocycles. The van der Waals surface area contributed by atoms with Gasteiger partial charge in [-0.05, 0) is 29.8 Å². The van der Waals surface area contributed by atoms with Crippen molar-refractivity contribution < 1.29 is 9.90 Å². The van der Waals surface area contributed by atoms with Crippen LogP contribution in [0.15, 0.2) is 54.6 Å². The fraction of sp³-hybridized carbons (Fsp3) is 0. The Bertz CT molecular complexity index is 589. The largest absolute Gasteiger partial charge is 0.507 e. The molecule has 2 rings (SSSR count). The SMILES string of the molecule is Nc1ccc(O)c(C(=O)/C=C/c2ccccc2)c1. The smallest absolute Gasteiger partial charge is 0.189 e. The fourth-order valence-corrected chi connectivity index (χ4v) is 1.58. The van der Waals surface area contributed by atoms with Crippen LogP contribution in [-0.4, -0.2) is 10.9 Å². The molecule has 3 heteroatoms. The molecular weight excluding hydrogens is 226 g/mol. The first-order valence-corrected chi connectivity index (χ1v) is 5.53. The van der Waals surface area contributed by atoms with E-state index < -0.39 is 0 Å². The lowest BCUT2D eigenvalue weighted by Crippen LogP contribution is -1.96. The molecule has 0 aliphatic rings. The number of phenols is 1. The predicted molar refractivity (Wildman–Crippen MR) is 72.3 cm³/mol. The Kier molecular flexibility index (Phi) is 3.44. The molecule has 3 N–H and O–H groups in total. The van der Waals surface area contributed by atoms with E-state index in [1.54, 1.807) is 12.1 Å². The van der Waals surface area contributed by atoms with Crippen molar-refractivity contribution in [2.45, 2.75) is 0 Å². The molecule has 3 nitrogen and oxygen atoms in total. The van der Waals surface area contributed by atoms with Crippen LogP contribution in [0.5, 0.6) is 5.75 Å². The molecule has 0 heterocycles. The Balaban J connectivity index is 2.22. The van der Waals surface area contributed by atoms with E-state index in [2.05, 4.69) is 0 Å². The van der Waals surface area contributed by atoms with Gasteiger partial charge in [0.1, 0.15) is 5.75 Å². The Morgan fingerprint density at radius 3 is 2.56 bits per heavy atom. The summed E-state index contributed by atoms with van der Waals surface area (Å²) in [6, 6.07) is 13.9. The number of benzene rings is 2. The molecule has 0 amide bonds. The average molecular weight is 239 g/mol. The maximum Gasteiger partial charge on any atom is 0.189 e. The molecule has 0 atom stereocenters. The maximum atomic E-state index is 11.9. The van der Waals surface area contributed by atoms with Gasteiger partial charge >= 0.3 is 0 Å². The van der Waals surface area contributed by atoms with Gasteiger partial charge in [-0.25, -0.2) is 0 Å². The van der Waals surface area contributed by atoms with E-state index in [9.17, 15) is 9.90 Å². The molecule has 0 aromatic heterocycles. The number of carbonyl (C=O) groups is 1. The zero-order valence-electron chi connectivity index (χ0n) is 9.71. The van der Waals surface area contributed by atoms with Gasteiger partial charge in [-0.2, -0.15) is 0 Å². The van der Waals surface area contributed by atoms with Gasteiger partial charge in [0.25, 0.3) is 0 Å². The highest BCUT2D eigenvalue weighted by Gasteiger charge is 2.08. The summed E-state index contributed by atoms with van der Waals surface area (Å²) in [5, 5.41) is 9.59. The zero-order chi connectivity index (χ0) is 13.0. The number of nitrogen functional groups attached to an aromatic ring is 1. The number of ketones is 1. The minimum Gasteiger partial charge on any atom is -0.507 e. The van der Waals surface area contributed by atoms with Gasteiger partial charge in [0, 0.05) is 5.69 Å². The molecule has 0 spiro atoms. The molecule has 0 bridgehead atoms. The number of carbonyl (C=O) groups excluding carboxylic acids is 1. The van der Waals surface area contributed by atoms with E-state index in [1.807, 2.05) is 30.3 Å². The number of hydrogen-bond acceptors (Lipinski definition) is 3. The van der Waals surface area contributed by atoms with Gasteiger partial charge in [0.15, 0.2) is 5.78 Å². The second-order valence-corrected chi connectivity index (χ2v) is 3.88. The first kappa shape index (κ1) is 11.9. The number of allylic oxidation sites excluding steroid dienone is 1. The highest BCUT2D eigenvalue weighted by molar-refractivity contribution is 6.09. The standard InChI is InChI=1S/C15H13NO2/c16-12-7-9-15(18)13(10-12)14(17)8-6-11-4-2-1-3-5-11/h1-10,18H,16H2/b8-6+. The van der Waals surface area contributed by atoms with E-state index in [4.69, 9.17) is 5.73 Å². The van der Waals surface area contributed by atoms with Gasteiger partial charge in [-0.15, -0.1) is 0 Å². The summed E-state index contributed by atoms with van der Waals surface area (Å²) in [7, 11) is 0. The van der Waals surface area contributed by atoms with Crippen LogP contribution >= 0.6 is 0 Å². The van der Waals surface area contributed by atoms with E-state index in [-0.39, 0.29) is 17.1 Å². The van der Waals surface area contributed by atoms with Crippen LogP contribution in [0.1, 0.15) is 15.9 Å². The Hall–Kier alpha value is -2.55. The topological polar surface area (TPSA) is 63.3 Å². The summed E-state index contributed by atoms with van der Waals surface area (Å²) in [4.78, 5) is 11.9. The van der Waals surface area contributed by atoms with Gasteiger partial charge in [0.05, 0.1) is 5.56 Å². The van der Waals surface area contributed by atoms with Crippen molar-refractivity contribution in [1.29, 1.82) is 0 Å². The maximum absolute atomic E-state index is 11.9. The number of aromatic hydroxyl groups is 1. The van der Waals surface area contributed by atoms with Crippen molar-refractivity contribution >= 4 is 17.5 Å². The lowest BCUT2D eigenvalue weighted by Gasteiger charge is -2.01. The van der Waals surface area contributed by atoms with Crippen LogP contribution in [0.25, 0.3) is 6.08 Å². The Labute approximate surface area is 105 Å². The zero-order valence-corrected chi connectivity index (χ0v) is 9.71. The highest BCUT2D eigenvalue weighted by atomic mass is 16.3. The number of phenolic OH excluding ortho intramolecular Hbond substituents is 1. The summed E-state index contributed by atoms with van der Waals surface area (Å²) in [5.74, 6) is -0.337. The summed E-state index contributed by atoms with van der Waals surface area (Å²) in [6.45, 7) is 0. The number of rotatable bonds is 3. The van der Waals surface area contributed by atoms with Gasteiger partial charge in [0.2, 0.25) is 0 Å². The van der Waals surface area contributed by atoms with Crippen molar-refractivity contribution in [2.75, 3.05) is 5.73 Å². The van der Waals surface area contributed by atoms with E-state index in [0.717, 1.165) is 5.56 Å². The van der Waals surface area contributed by atoms with Crippen LogP contribution in [0.4, 0.5) is 5.69 Å². The lowest BCUT2D eigenvalue weighted by atomic mass is 10.1. The second-order valence-electron chi connectivity index (χ2n) is 3.88. The minimum atomic E-state index is -0.274.